The summed E-state index contributed by atoms with van der Waals surface area (Å²) in [5.41, 5.74) is 0.994. The Morgan fingerprint density at radius 3 is 2.67 bits per heavy atom. The molecule has 0 saturated carbocycles. The van der Waals surface area contributed by atoms with Gasteiger partial charge in [0, 0.05) is 11.9 Å². The van der Waals surface area contributed by atoms with Crippen LogP contribution in [-0.2, 0) is 19.6 Å². The minimum absolute atomic E-state index is 0.0690. The lowest BCUT2D eigenvalue weighted by Crippen LogP contribution is -2.15. The van der Waals surface area contributed by atoms with Crippen LogP contribution in [0.3, 0.4) is 0 Å². The Morgan fingerprint density at radius 2 is 2.17 bits per heavy atom. The normalized spacial score (nSPS) is 10.9. The number of thiophene rings is 1. The lowest BCUT2D eigenvalue weighted by molar-refractivity contribution is 0.284. The third-order valence-corrected chi connectivity index (χ3v) is 5.01. The number of aliphatic hydroxyl groups excluding tert-OH is 1. The molecule has 0 saturated heterocycles. The Balaban J connectivity index is 2.13. The zero-order valence-electron chi connectivity index (χ0n) is 10.3. The number of anilines is 1. The third kappa shape index (κ3) is 3.03. The van der Waals surface area contributed by atoms with Crippen LogP contribution in [0.1, 0.15) is 22.4 Å². The van der Waals surface area contributed by atoms with Crippen LogP contribution in [0.25, 0.3) is 0 Å². The highest BCUT2D eigenvalue weighted by atomic mass is 35.5. The van der Waals surface area contributed by atoms with Crippen molar-refractivity contribution in [2.75, 3.05) is 11.9 Å². The zero-order valence-corrected chi connectivity index (χ0v) is 12.7. The fourth-order valence-electron chi connectivity index (χ4n) is 1.67. The first-order valence-corrected chi connectivity index (χ1v) is 7.70. The minimum Gasteiger partial charge on any atom is -0.391 e. The third-order valence-electron chi connectivity index (χ3n) is 2.59. The summed E-state index contributed by atoms with van der Waals surface area (Å²) in [7, 11) is 2.01. The molecule has 98 valence electrons. The van der Waals surface area contributed by atoms with Crippen LogP contribution in [-0.4, -0.2) is 17.1 Å². The van der Waals surface area contributed by atoms with E-state index < -0.39 is 0 Å². The fourth-order valence-corrected chi connectivity index (χ4v) is 3.78. The molecule has 0 aliphatic rings. The van der Waals surface area contributed by atoms with Gasteiger partial charge in [0.25, 0.3) is 0 Å². The van der Waals surface area contributed by atoms with E-state index in [9.17, 15) is 5.11 Å². The molecule has 0 unspecified atom stereocenters. The lowest BCUT2D eigenvalue weighted by atomic mass is 10.3. The summed E-state index contributed by atoms with van der Waals surface area (Å²) in [6.45, 7) is 2.91. The van der Waals surface area contributed by atoms with E-state index in [0.717, 1.165) is 33.0 Å². The summed E-state index contributed by atoms with van der Waals surface area (Å²) < 4.78 is 0.808. The van der Waals surface area contributed by atoms with Gasteiger partial charge in [0.1, 0.15) is 0 Å². The molecule has 0 radical (unpaired) electrons. The molecule has 0 aliphatic carbocycles. The van der Waals surface area contributed by atoms with E-state index in [1.165, 1.54) is 4.88 Å². The highest BCUT2D eigenvalue weighted by Crippen LogP contribution is 2.29. The summed E-state index contributed by atoms with van der Waals surface area (Å²) in [6, 6.07) is 3.94. The maximum Gasteiger partial charge on any atom is 0.185 e. The fraction of sp³-hybridized carbons (Fsp3) is 0.417. The van der Waals surface area contributed by atoms with Crippen molar-refractivity contribution in [3.05, 3.63) is 31.9 Å². The Kier molecular flexibility index (Phi) is 4.61. The maximum atomic E-state index is 9.27. The van der Waals surface area contributed by atoms with E-state index in [1.807, 2.05) is 19.2 Å². The number of aryl methyl sites for hydroxylation is 1. The van der Waals surface area contributed by atoms with Gasteiger partial charge in [-0.25, -0.2) is 4.98 Å². The largest absolute Gasteiger partial charge is 0.391 e. The first-order chi connectivity index (χ1) is 8.63. The van der Waals surface area contributed by atoms with E-state index >= 15 is 0 Å². The highest BCUT2D eigenvalue weighted by molar-refractivity contribution is 7.16. The second-order valence-corrected chi connectivity index (χ2v) is 6.80. The molecule has 18 heavy (non-hydrogen) atoms. The monoisotopic (exact) mass is 302 g/mol. The summed E-state index contributed by atoms with van der Waals surface area (Å²) >= 11 is 9.06. The second-order valence-electron chi connectivity index (χ2n) is 3.94. The van der Waals surface area contributed by atoms with Gasteiger partial charge in [-0.15, -0.1) is 11.3 Å². The Hall–Kier alpha value is -0.620. The molecule has 2 aromatic heterocycles. The zero-order chi connectivity index (χ0) is 13.1. The van der Waals surface area contributed by atoms with Crippen molar-refractivity contribution in [3.8, 4) is 0 Å². The number of nitrogens with zero attached hydrogens (tertiary/aromatic N) is 2. The average Bonchev–Trinajstić information content (AvgIpc) is 2.95. The van der Waals surface area contributed by atoms with E-state index in [2.05, 4.69) is 16.8 Å². The van der Waals surface area contributed by atoms with Crippen LogP contribution in [0.5, 0.6) is 0 Å². The van der Waals surface area contributed by atoms with Crippen LogP contribution in [0.2, 0.25) is 4.34 Å². The van der Waals surface area contributed by atoms with Gasteiger partial charge in [0.05, 0.1) is 28.1 Å². The van der Waals surface area contributed by atoms with Gasteiger partial charge in [-0.2, -0.15) is 0 Å². The van der Waals surface area contributed by atoms with Crippen LogP contribution in [0, 0.1) is 0 Å². The predicted octanol–water partition coefficient (Wildman–Crippen LogP) is 3.55. The van der Waals surface area contributed by atoms with Gasteiger partial charge in [-0.05, 0) is 18.6 Å². The number of halogens is 1. The first kappa shape index (κ1) is 13.8. The second kappa shape index (κ2) is 6.02. The molecule has 3 nitrogen and oxygen atoms in total. The van der Waals surface area contributed by atoms with Crippen LogP contribution < -0.4 is 4.90 Å². The minimum atomic E-state index is 0.0690. The number of hydrogen-bond acceptors (Lipinski definition) is 5. The van der Waals surface area contributed by atoms with Crippen LogP contribution in [0.4, 0.5) is 5.13 Å². The predicted molar refractivity (Wildman–Crippen MR) is 78.9 cm³/mol. The average molecular weight is 303 g/mol. The SMILES string of the molecule is CCc1nc(N(C)Cc2ccc(Cl)s2)sc1CO. The summed E-state index contributed by atoms with van der Waals surface area (Å²) in [5, 5.41) is 10.2. The van der Waals surface area contributed by atoms with Crippen LogP contribution >= 0.6 is 34.3 Å². The standard InChI is InChI=1S/C12H15ClN2OS2/c1-3-9-10(7-16)18-12(14-9)15(2)6-8-4-5-11(13)17-8/h4-5,16H,3,6-7H2,1-2H3. The summed E-state index contributed by atoms with van der Waals surface area (Å²) in [5.74, 6) is 0. The van der Waals surface area contributed by atoms with Crippen molar-refractivity contribution in [2.45, 2.75) is 26.5 Å². The molecule has 0 amide bonds. The Bertz CT molecular complexity index is 502. The Labute approximate surface area is 120 Å². The van der Waals surface area contributed by atoms with E-state index in [0.29, 0.717) is 0 Å². The van der Waals surface area contributed by atoms with Crippen molar-refractivity contribution in [1.29, 1.82) is 0 Å². The highest BCUT2D eigenvalue weighted by Gasteiger charge is 2.13. The summed E-state index contributed by atoms with van der Waals surface area (Å²) in [4.78, 5) is 8.82. The van der Waals surface area contributed by atoms with Gasteiger partial charge in [0.2, 0.25) is 0 Å². The number of thiazole rings is 1. The quantitative estimate of drug-likeness (QED) is 0.917. The van der Waals surface area contributed by atoms with E-state index in [1.54, 1.807) is 22.7 Å². The topological polar surface area (TPSA) is 36.4 Å². The van der Waals surface area contributed by atoms with Crippen molar-refractivity contribution in [1.82, 2.24) is 4.98 Å². The molecule has 2 rings (SSSR count). The molecule has 0 atom stereocenters. The molecule has 0 fully saturated rings. The molecule has 6 heteroatoms. The van der Waals surface area contributed by atoms with Gasteiger partial charge < -0.3 is 10.0 Å². The Morgan fingerprint density at radius 1 is 1.39 bits per heavy atom. The smallest absolute Gasteiger partial charge is 0.185 e. The van der Waals surface area contributed by atoms with E-state index in [-0.39, 0.29) is 6.61 Å². The van der Waals surface area contributed by atoms with Gasteiger partial charge in [-0.1, -0.05) is 29.9 Å². The molecule has 2 heterocycles. The van der Waals surface area contributed by atoms with Crippen molar-refractivity contribution in [2.24, 2.45) is 0 Å². The molecule has 1 N–H and O–H groups in total. The lowest BCUT2D eigenvalue weighted by Gasteiger charge is -2.14. The summed E-state index contributed by atoms with van der Waals surface area (Å²) in [6.07, 6.45) is 0.852. The van der Waals surface area contributed by atoms with Gasteiger partial charge >= 0.3 is 0 Å². The number of rotatable bonds is 5. The van der Waals surface area contributed by atoms with Crippen molar-refractivity contribution >= 4 is 39.4 Å². The maximum absolute atomic E-state index is 9.27. The molecule has 0 aromatic carbocycles. The molecule has 0 spiro atoms. The molecule has 0 bridgehead atoms. The number of aliphatic hydroxyl groups is 1. The molecular weight excluding hydrogens is 288 g/mol. The number of aromatic nitrogens is 1. The van der Waals surface area contributed by atoms with E-state index in [4.69, 9.17) is 11.6 Å². The first-order valence-electron chi connectivity index (χ1n) is 5.68. The molecule has 2 aromatic rings. The van der Waals surface area contributed by atoms with Crippen molar-refractivity contribution < 1.29 is 5.11 Å². The molecule has 0 aliphatic heterocycles. The number of hydrogen-bond donors (Lipinski definition) is 1. The molecular formula is C12H15ClN2OS2. The van der Waals surface area contributed by atoms with Crippen molar-refractivity contribution in [3.63, 3.8) is 0 Å². The van der Waals surface area contributed by atoms with Crippen LogP contribution in [0.15, 0.2) is 12.1 Å². The van der Waals surface area contributed by atoms with Gasteiger partial charge in [-0.3, -0.25) is 0 Å². The van der Waals surface area contributed by atoms with Gasteiger partial charge in [0.15, 0.2) is 5.13 Å².